The lowest BCUT2D eigenvalue weighted by Crippen LogP contribution is -2.44. The van der Waals surface area contributed by atoms with Gasteiger partial charge in [0.1, 0.15) is 12.2 Å². The average Bonchev–Trinajstić information content (AvgIpc) is 3.26. The third-order valence-electron chi connectivity index (χ3n) is 6.02. The van der Waals surface area contributed by atoms with E-state index in [0.717, 1.165) is 18.4 Å². The molecule has 0 N–H and O–H groups in total. The lowest BCUT2D eigenvalue weighted by molar-refractivity contribution is 0.0120. The average molecular weight is 295 g/mol. The zero-order chi connectivity index (χ0) is 14.8. The molecule has 0 spiro atoms. The summed E-state index contributed by atoms with van der Waals surface area (Å²) in [6.45, 7) is 6.74. The predicted molar refractivity (Wildman–Crippen MR) is 85.5 cm³/mol. The molecule has 3 fully saturated rings. The van der Waals surface area contributed by atoms with Gasteiger partial charge >= 0.3 is 0 Å². The number of nitrogens with zero attached hydrogens (tertiary/aromatic N) is 1. The molecular formula is C18H33NO2. The van der Waals surface area contributed by atoms with E-state index in [-0.39, 0.29) is 0 Å². The van der Waals surface area contributed by atoms with Gasteiger partial charge < -0.3 is 14.4 Å². The van der Waals surface area contributed by atoms with Gasteiger partial charge in [0.2, 0.25) is 0 Å². The quantitative estimate of drug-likeness (QED) is 0.726. The first kappa shape index (κ1) is 15.8. The molecule has 0 radical (unpaired) electrons. The molecule has 0 aromatic rings. The summed E-state index contributed by atoms with van der Waals surface area (Å²) in [5.41, 5.74) is 0. The molecule has 0 aromatic heterocycles. The van der Waals surface area contributed by atoms with Crippen LogP contribution in [-0.2, 0) is 9.47 Å². The smallest absolute Gasteiger partial charge is 0.109 e. The highest BCUT2D eigenvalue weighted by molar-refractivity contribution is 4.97. The Morgan fingerprint density at radius 2 is 1.86 bits per heavy atom. The summed E-state index contributed by atoms with van der Waals surface area (Å²) in [6, 6.07) is 0.632. The van der Waals surface area contributed by atoms with Crippen LogP contribution >= 0.6 is 0 Å². The largest absolute Gasteiger partial charge is 0.375 e. The van der Waals surface area contributed by atoms with Crippen LogP contribution in [0, 0.1) is 11.8 Å². The Labute approximate surface area is 130 Å². The van der Waals surface area contributed by atoms with Gasteiger partial charge in [0.05, 0.1) is 12.7 Å². The Balaban J connectivity index is 1.36. The van der Waals surface area contributed by atoms with Crippen LogP contribution in [0.25, 0.3) is 0 Å². The van der Waals surface area contributed by atoms with E-state index in [1.807, 2.05) is 0 Å². The van der Waals surface area contributed by atoms with Crippen molar-refractivity contribution >= 4 is 0 Å². The van der Waals surface area contributed by atoms with Crippen molar-refractivity contribution in [3.63, 3.8) is 0 Å². The number of hydrogen-bond acceptors (Lipinski definition) is 3. The van der Waals surface area contributed by atoms with Crippen LogP contribution in [0.5, 0.6) is 0 Å². The molecular weight excluding hydrogens is 262 g/mol. The molecule has 122 valence electrons. The first-order valence-electron chi connectivity index (χ1n) is 9.14. The Kier molecular flexibility index (Phi) is 5.23. The molecule has 3 nitrogen and oxygen atoms in total. The van der Waals surface area contributed by atoms with Crippen molar-refractivity contribution in [1.82, 2.24) is 4.90 Å². The highest BCUT2D eigenvalue weighted by Crippen LogP contribution is 2.36. The number of hydrogen-bond donors (Lipinski definition) is 0. The van der Waals surface area contributed by atoms with Crippen LogP contribution in [0.4, 0.5) is 0 Å². The monoisotopic (exact) mass is 295 g/mol. The minimum Gasteiger partial charge on any atom is -0.375 e. The van der Waals surface area contributed by atoms with Gasteiger partial charge in [-0.15, -0.1) is 0 Å². The fraction of sp³-hybridized carbons (Fsp3) is 1.00. The van der Waals surface area contributed by atoms with Gasteiger partial charge in [-0.05, 0) is 57.4 Å². The molecule has 0 amide bonds. The predicted octanol–water partition coefficient (Wildman–Crippen LogP) is 3.47. The Hall–Kier alpha value is -0.120. The minimum atomic E-state index is 0.370. The SMILES string of the molecule is CCC1CCC(C2OC2COC2CCC(C)CC2)N(C)C1. The van der Waals surface area contributed by atoms with Crippen molar-refractivity contribution in [1.29, 1.82) is 0 Å². The summed E-state index contributed by atoms with van der Waals surface area (Å²) in [5.74, 6) is 1.79. The second-order valence-electron chi connectivity index (χ2n) is 7.71. The molecule has 1 saturated carbocycles. The fourth-order valence-corrected chi connectivity index (χ4v) is 4.27. The third-order valence-corrected chi connectivity index (χ3v) is 6.02. The lowest BCUT2D eigenvalue weighted by atomic mass is 9.88. The van der Waals surface area contributed by atoms with Gasteiger partial charge in [-0.2, -0.15) is 0 Å². The van der Waals surface area contributed by atoms with Crippen molar-refractivity contribution in [3.05, 3.63) is 0 Å². The normalized spacial score (nSPS) is 44.7. The molecule has 21 heavy (non-hydrogen) atoms. The van der Waals surface area contributed by atoms with Gasteiger partial charge in [-0.25, -0.2) is 0 Å². The molecule has 3 rings (SSSR count). The summed E-state index contributed by atoms with van der Waals surface area (Å²) in [4.78, 5) is 2.53. The fourth-order valence-electron chi connectivity index (χ4n) is 4.27. The van der Waals surface area contributed by atoms with Crippen molar-refractivity contribution in [2.45, 2.75) is 83.1 Å². The van der Waals surface area contributed by atoms with E-state index in [1.54, 1.807) is 0 Å². The number of ether oxygens (including phenoxy) is 2. The molecule has 4 unspecified atom stereocenters. The highest BCUT2D eigenvalue weighted by Gasteiger charge is 2.47. The van der Waals surface area contributed by atoms with E-state index in [4.69, 9.17) is 9.47 Å². The molecule has 3 aliphatic rings. The molecule has 2 saturated heterocycles. The Morgan fingerprint density at radius 3 is 2.52 bits per heavy atom. The van der Waals surface area contributed by atoms with E-state index in [2.05, 4.69) is 25.8 Å². The maximum atomic E-state index is 6.11. The number of rotatable bonds is 5. The molecule has 0 aromatic carbocycles. The topological polar surface area (TPSA) is 25.0 Å². The zero-order valence-electron chi connectivity index (χ0n) is 14.1. The molecule has 1 aliphatic carbocycles. The van der Waals surface area contributed by atoms with Crippen LogP contribution in [0.1, 0.15) is 58.8 Å². The molecule has 4 atom stereocenters. The van der Waals surface area contributed by atoms with Crippen LogP contribution < -0.4 is 0 Å². The highest BCUT2D eigenvalue weighted by atomic mass is 16.6. The van der Waals surface area contributed by atoms with Crippen LogP contribution in [0.3, 0.4) is 0 Å². The van der Waals surface area contributed by atoms with E-state index in [9.17, 15) is 0 Å². The minimum absolute atomic E-state index is 0.370. The summed E-state index contributed by atoms with van der Waals surface area (Å²) < 4.78 is 12.1. The van der Waals surface area contributed by atoms with Crippen molar-refractivity contribution in [2.75, 3.05) is 20.2 Å². The van der Waals surface area contributed by atoms with Gasteiger partial charge in [-0.3, -0.25) is 0 Å². The van der Waals surface area contributed by atoms with Gasteiger partial charge in [0.25, 0.3) is 0 Å². The summed E-state index contributed by atoms with van der Waals surface area (Å²) >= 11 is 0. The first-order chi connectivity index (χ1) is 10.2. The zero-order valence-corrected chi connectivity index (χ0v) is 14.1. The number of likely N-dealkylation sites (N-methyl/N-ethyl adjacent to an activating group) is 1. The molecule has 3 heteroatoms. The van der Waals surface area contributed by atoms with E-state index >= 15 is 0 Å². The van der Waals surface area contributed by atoms with Crippen molar-refractivity contribution < 1.29 is 9.47 Å². The van der Waals surface area contributed by atoms with Crippen LogP contribution in [0.2, 0.25) is 0 Å². The molecule has 0 bridgehead atoms. The second kappa shape index (κ2) is 6.97. The number of epoxide rings is 1. The summed E-state index contributed by atoms with van der Waals surface area (Å²) in [7, 11) is 2.27. The number of piperidine rings is 1. The lowest BCUT2D eigenvalue weighted by Gasteiger charge is -2.36. The molecule has 2 aliphatic heterocycles. The Morgan fingerprint density at radius 1 is 1.10 bits per heavy atom. The van der Waals surface area contributed by atoms with Crippen LogP contribution in [0.15, 0.2) is 0 Å². The summed E-state index contributed by atoms with van der Waals surface area (Å²) in [6.07, 6.45) is 10.5. The maximum absolute atomic E-state index is 6.11. The van der Waals surface area contributed by atoms with Gasteiger partial charge in [0, 0.05) is 12.6 Å². The first-order valence-corrected chi connectivity index (χ1v) is 9.14. The van der Waals surface area contributed by atoms with Crippen LogP contribution in [-0.4, -0.2) is 49.5 Å². The standard InChI is InChI=1S/C18H33NO2/c1-4-14-7-10-16(19(3)11-14)18-17(21-18)12-20-15-8-5-13(2)6-9-15/h13-18H,4-12H2,1-3H3. The molecule has 2 heterocycles. The van der Waals surface area contributed by atoms with E-state index < -0.39 is 0 Å². The van der Waals surface area contributed by atoms with Crippen molar-refractivity contribution in [2.24, 2.45) is 11.8 Å². The Bertz CT molecular complexity index is 327. The van der Waals surface area contributed by atoms with Gasteiger partial charge in [0.15, 0.2) is 0 Å². The third kappa shape index (κ3) is 4.00. The maximum Gasteiger partial charge on any atom is 0.109 e. The van der Waals surface area contributed by atoms with E-state index in [1.165, 1.54) is 51.5 Å². The van der Waals surface area contributed by atoms with E-state index in [0.29, 0.717) is 24.4 Å². The van der Waals surface area contributed by atoms with Gasteiger partial charge in [-0.1, -0.05) is 20.3 Å². The number of likely N-dealkylation sites (tertiary alicyclic amines) is 1. The second-order valence-corrected chi connectivity index (χ2v) is 7.71. The summed E-state index contributed by atoms with van der Waals surface area (Å²) in [5, 5.41) is 0. The van der Waals surface area contributed by atoms with Crippen molar-refractivity contribution in [3.8, 4) is 0 Å².